The zero-order chi connectivity index (χ0) is 10.4. The van der Waals surface area contributed by atoms with E-state index in [4.69, 9.17) is 16.3 Å². The van der Waals surface area contributed by atoms with Gasteiger partial charge in [0.2, 0.25) is 0 Å². The van der Waals surface area contributed by atoms with Crippen LogP contribution in [0.1, 0.15) is 5.56 Å². The van der Waals surface area contributed by atoms with Crippen LogP contribution >= 0.6 is 11.6 Å². The van der Waals surface area contributed by atoms with Crippen molar-refractivity contribution in [3.63, 3.8) is 0 Å². The van der Waals surface area contributed by atoms with Crippen LogP contribution in [-0.2, 0) is 16.0 Å². The molecule has 1 rings (SSSR count). The van der Waals surface area contributed by atoms with Crippen molar-refractivity contribution in [3.8, 4) is 0 Å². The highest BCUT2D eigenvalue weighted by atomic mass is 35.5. The van der Waals surface area contributed by atoms with E-state index < -0.39 is 0 Å². The first kappa shape index (κ1) is 10.8. The summed E-state index contributed by atoms with van der Waals surface area (Å²) in [7, 11) is 0. The summed E-state index contributed by atoms with van der Waals surface area (Å²) in [6, 6.07) is 9.40. The van der Waals surface area contributed by atoms with Gasteiger partial charge in [-0.3, -0.25) is 4.79 Å². The molecule has 0 bridgehead atoms. The SMILES string of the molecule is C=C(Cl)COC(=O)Cc1ccccc1. The third-order valence-electron chi connectivity index (χ3n) is 1.58. The van der Waals surface area contributed by atoms with Crippen LogP contribution in [0.3, 0.4) is 0 Å². The van der Waals surface area contributed by atoms with Gasteiger partial charge in [-0.15, -0.1) is 0 Å². The average Bonchev–Trinajstić information content (AvgIpc) is 2.16. The highest BCUT2D eigenvalue weighted by molar-refractivity contribution is 6.29. The number of benzene rings is 1. The number of ether oxygens (including phenoxy) is 1. The van der Waals surface area contributed by atoms with Crippen LogP contribution in [0, 0.1) is 0 Å². The van der Waals surface area contributed by atoms with Crippen molar-refractivity contribution in [3.05, 3.63) is 47.5 Å². The molecule has 0 spiro atoms. The Morgan fingerprint density at radius 3 is 2.57 bits per heavy atom. The lowest BCUT2D eigenvalue weighted by Crippen LogP contribution is -2.08. The standard InChI is InChI=1S/C11H11ClO2/c1-9(12)8-14-11(13)7-10-5-3-2-4-6-10/h2-6H,1,7-8H2. The van der Waals surface area contributed by atoms with E-state index in [1.165, 1.54) is 0 Å². The second-order valence-corrected chi connectivity index (χ2v) is 3.37. The predicted molar refractivity (Wildman–Crippen MR) is 56.1 cm³/mol. The van der Waals surface area contributed by atoms with E-state index in [1.807, 2.05) is 30.3 Å². The van der Waals surface area contributed by atoms with E-state index in [2.05, 4.69) is 6.58 Å². The van der Waals surface area contributed by atoms with Gasteiger partial charge in [0.15, 0.2) is 0 Å². The Morgan fingerprint density at radius 2 is 2.00 bits per heavy atom. The smallest absolute Gasteiger partial charge is 0.310 e. The molecule has 0 aliphatic heterocycles. The molecule has 0 saturated heterocycles. The Balaban J connectivity index is 2.38. The van der Waals surface area contributed by atoms with Crippen molar-refractivity contribution in [1.29, 1.82) is 0 Å². The predicted octanol–water partition coefficient (Wildman–Crippen LogP) is 2.52. The molecule has 1 aromatic carbocycles. The van der Waals surface area contributed by atoms with E-state index in [0.717, 1.165) is 5.56 Å². The second-order valence-electron chi connectivity index (χ2n) is 2.84. The summed E-state index contributed by atoms with van der Waals surface area (Å²) in [6.45, 7) is 3.50. The van der Waals surface area contributed by atoms with Crippen LogP contribution in [0.2, 0.25) is 0 Å². The molecule has 0 fully saturated rings. The van der Waals surface area contributed by atoms with Gasteiger partial charge in [-0.25, -0.2) is 0 Å². The molecular formula is C11H11ClO2. The number of halogens is 1. The van der Waals surface area contributed by atoms with Gasteiger partial charge in [0.05, 0.1) is 6.42 Å². The summed E-state index contributed by atoms with van der Waals surface area (Å²) in [5, 5.41) is 0.325. The summed E-state index contributed by atoms with van der Waals surface area (Å²) >= 11 is 5.45. The lowest BCUT2D eigenvalue weighted by molar-refractivity contribution is -0.141. The lowest BCUT2D eigenvalue weighted by Gasteiger charge is -2.02. The molecule has 0 radical (unpaired) electrons. The summed E-state index contributed by atoms with van der Waals surface area (Å²) < 4.78 is 4.84. The van der Waals surface area contributed by atoms with Crippen LogP contribution < -0.4 is 0 Å². The van der Waals surface area contributed by atoms with E-state index in [-0.39, 0.29) is 19.0 Å². The zero-order valence-electron chi connectivity index (χ0n) is 7.70. The zero-order valence-corrected chi connectivity index (χ0v) is 8.46. The van der Waals surface area contributed by atoms with Gasteiger partial charge in [-0.05, 0) is 5.56 Å². The van der Waals surface area contributed by atoms with Crippen molar-refractivity contribution in [2.75, 3.05) is 6.61 Å². The summed E-state index contributed by atoms with van der Waals surface area (Å²) in [4.78, 5) is 11.2. The van der Waals surface area contributed by atoms with Gasteiger partial charge in [0.25, 0.3) is 0 Å². The molecule has 74 valence electrons. The highest BCUT2D eigenvalue weighted by Crippen LogP contribution is 2.02. The molecule has 0 aliphatic carbocycles. The average molecular weight is 211 g/mol. The monoisotopic (exact) mass is 210 g/mol. The molecule has 0 N–H and O–H groups in total. The number of carbonyl (C=O) groups is 1. The van der Waals surface area contributed by atoms with Crippen molar-refractivity contribution in [2.45, 2.75) is 6.42 Å². The van der Waals surface area contributed by atoms with E-state index in [9.17, 15) is 4.79 Å². The number of carbonyl (C=O) groups excluding carboxylic acids is 1. The molecule has 0 amide bonds. The molecule has 0 aliphatic rings. The van der Waals surface area contributed by atoms with Crippen LogP contribution in [0.15, 0.2) is 41.9 Å². The quantitative estimate of drug-likeness (QED) is 0.714. The van der Waals surface area contributed by atoms with Crippen molar-refractivity contribution in [1.82, 2.24) is 0 Å². The number of esters is 1. The maximum Gasteiger partial charge on any atom is 0.310 e. The van der Waals surface area contributed by atoms with Crippen LogP contribution in [-0.4, -0.2) is 12.6 Å². The fraction of sp³-hybridized carbons (Fsp3) is 0.182. The third kappa shape index (κ3) is 4.10. The molecule has 0 aromatic heterocycles. The Bertz CT molecular complexity index is 319. The molecule has 0 saturated carbocycles. The minimum absolute atomic E-state index is 0.0766. The normalized spacial score (nSPS) is 9.50. The maximum atomic E-state index is 11.2. The van der Waals surface area contributed by atoms with Crippen LogP contribution in [0.5, 0.6) is 0 Å². The Hall–Kier alpha value is -1.28. The summed E-state index contributed by atoms with van der Waals surface area (Å²) in [6.07, 6.45) is 0.269. The first-order chi connectivity index (χ1) is 6.68. The first-order valence-corrected chi connectivity index (χ1v) is 4.59. The van der Waals surface area contributed by atoms with Gasteiger partial charge in [-0.2, -0.15) is 0 Å². The van der Waals surface area contributed by atoms with Crippen molar-refractivity contribution < 1.29 is 9.53 Å². The van der Waals surface area contributed by atoms with Crippen molar-refractivity contribution in [2.24, 2.45) is 0 Å². The maximum absolute atomic E-state index is 11.2. The van der Waals surface area contributed by atoms with E-state index in [0.29, 0.717) is 5.03 Å². The van der Waals surface area contributed by atoms with E-state index in [1.54, 1.807) is 0 Å². The van der Waals surface area contributed by atoms with Gasteiger partial charge < -0.3 is 4.74 Å². The molecule has 1 aromatic rings. The summed E-state index contributed by atoms with van der Waals surface area (Å²) in [5.74, 6) is -0.294. The van der Waals surface area contributed by atoms with Gasteiger partial charge >= 0.3 is 5.97 Å². The van der Waals surface area contributed by atoms with Crippen LogP contribution in [0.4, 0.5) is 0 Å². The fourth-order valence-corrected chi connectivity index (χ4v) is 1.03. The lowest BCUT2D eigenvalue weighted by atomic mass is 10.2. The third-order valence-corrected chi connectivity index (χ3v) is 1.69. The van der Waals surface area contributed by atoms with Crippen molar-refractivity contribution >= 4 is 17.6 Å². The molecule has 0 atom stereocenters. The molecule has 14 heavy (non-hydrogen) atoms. The summed E-state index contributed by atoms with van der Waals surface area (Å²) in [5.41, 5.74) is 0.928. The molecule has 2 nitrogen and oxygen atoms in total. The minimum Gasteiger partial charge on any atom is -0.460 e. The second kappa shape index (κ2) is 5.45. The molecule has 0 heterocycles. The number of hydrogen-bond donors (Lipinski definition) is 0. The van der Waals surface area contributed by atoms with Crippen LogP contribution in [0.25, 0.3) is 0 Å². The topological polar surface area (TPSA) is 26.3 Å². The molecular weight excluding hydrogens is 200 g/mol. The molecule has 3 heteroatoms. The minimum atomic E-state index is -0.294. The first-order valence-electron chi connectivity index (χ1n) is 4.21. The van der Waals surface area contributed by atoms with Gasteiger partial charge in [-0.1, -0.05) is 48.5 Å². The van der Waals surface area contributed by atoms with Gasteiger partial charge in [0.1, 0.15) is 6.61 Å². The number of rotatable bonds is 4. The largest absolute Gasteiger partial charge is 0.460 e. The Labute approximate surface area is 88.1 Å². The number of hydrogen-bond acceptors (Lipinski definition) is 2. The highest BCUT2D eigenvalue weighted by Gasteiger charge is 2.03. The molecule has 0 unspecified atom stereocenters. The Morgan fingerprint density at radius 1 is 1.36 bits per heavy atom. The fourth-order valence-electron chi connectivity index (χ4n) is 0.972. The Kier molecular flexibility index (Phi) is 4.20. The van der Waals surface area contributed by atoms with Gasteiger partial charge in [0, 0.05) is 5.03 Å². The van der Waals surface area contributed by atoms with E-state index >= 15 is 0 Å².